The van der Waals surface area contributed by atoms with Crippen molar-refractivity contribution < 1.29 is 15.3 Å². The summed E-state index contributed by atoms with van der Waals surface area (Å²) in [4.78, 5) is 13.7. The fraction of sp³-hybridized carbons (Fsp3) is 0.316. The summed E-state index contributed by atoms with van der Waals surface area (Å²) in [5.74, 6) is 0. The Morgan fingerprint density at radius 2 is 1.91 bits per heavy atom. The van der Waals surface area contributed by atoms with Gasteiger partial charge in [0.25, 0.3) is 0 Å². The molecule has 2 aromatic rings. The average molecular weight is 311 g/mol. The van der Waals surface area contributed by atoms with E-state index in [4.69, 9.17) is 4.74 Å². The molecule has 0 spiro atoms. The van der Waals surface area contributed by atoms with Gasteiger partial charge in [0.1, 0.15) is 6.04 Å². The van der Waals surface area contributed by atoms with Crippen molar-refractivity contribution in [3.63, 3.8) is 0 Å². The Morgan fingerprint density at radius 3 is 2.65 bits per heavy atom. The lowest BCUT2D eigenvalue weighted by Crippen LogP contribution is -2.66. The van der Waals surface area contributed by atoms with Crippen LogP contribution in [0.25, 0.3) is 11.1 Å². The number of hydrogen-bond acceptors (Lipinski definition) is 2. The molecule has 0 saturated carbocycles. The van der Waals surface area contributed by atoms with Crippen molar-refractivity contribution in [3.05, 3.63) is 60.2 Å². The summed E-state index contributed by atoms with van der Waals surface area (Å²) in [6.45, 7) is 0.726. The predicted octanol–water partition coefficient (Wildman–Crippen LogP) is 2.35. The van der Waals surface area contributed by atoms with Gasteiger partial charge in [-0.3, -0.25) is 4.90 Å². The number of benzene rings is 2. The molecular formula is C19H23N2O2+. The SMILES string of the molecule is COC(=O)N1CCC([NH3+])C1Cc1cccc(-c2ccccc2)c1. The number of amides is 1. The zero-order chi connectivity index (χ0) is 16.2. The smallest absolute Gasteiger partial charge is 0.409 e. The highest BCUT2D eigenvalue weighted by Crippen LogP contribution is 2.24. The van der Waals surface area contributed by atoms with Crippen LogP contribution in [0.3, 0.4) is 0 Å². The summed E-state index contributed by atoms with van der Waals surface area (Å²) in [6, 6.07) is 19.2. The maximum atomic E-state index is 11.9. The van der Waals surface area contributed by atoms with E-state index >= 15 is 0 Å². The minimum atomic E-state index is -0.250. The van der Waals surface area contributed by atoms with Crippen LogP contribution in [0.15, 0.2) is 54.6 Å². The van der Waals surface area contributed by atoms with E-state index in [0.717, 1.165) is 19.4 Å². The molecule has 0 radical (unpaired) electrons. The first kappa shape index (κ1) is 15.6. The topological polar surface area (TPSA) is 57.2 Å². The molecule has 3 rings (SSSR count). The van der Waals surface area contributed by atoms with Gasteiger partial charge in [0.2, 0.25) is 0 Å². The Balaban J connectivity index is 1.81. The Morgan fingerprint density at radius 1 is 1.17 bits per heavy atom. The van der Waals surface area contributed by atoms with Crippen LogP contribution in [0.4, 0.5) is 4.79 Å². The molecule has 120 valence electrons. The molecule has 2 unspecified atom stereocenters. The van der Waals surface area contributed by atoms with Gasteiger partial charge in [-0.15, -0.1) is 0 Å². The third-order valence-electron chi connectivity index (χ3n) is 4.57. The molecule has 1 fully saturated rings. The van der Waals surface area contributed by atoms with Gasteiger partial charge in [-0.1, -0.05) is 54.6 Å². The van der Waals surface area contributed by atoms with Gasteiger partial charge >= 0.3 is 6.09 Å². The second-order valence-electron chi connectivity index (χ2n) is 6.05. The quantitative estimate of drug-likeness (QED) is 0.946. The standard InChI is InChI=1S/C19H22N2O2/c1-23-19(22)21-11-10-17(20)18(21)13-14-6-5-9-16(12-14)15-7-3-2-4-8-15/h2-9,12,17-18H,10-11,13,20H2,1H3/p+1. The summed E-state index contributed by atoms with van der Waals surface area (Å²) < 4.78 is 4.90. The van der Waals surface area contributed by atoms with Crippen molar-refractivity contribution in [2.75, 3.05) is 13.7 Å². The highest BCUT2D eigenvalue weighted by atomic mass is 16.5. The zero-order valence-electron chi connectivity index (χ0n) is 13.4. The van der Waals surface area contributed by atoms with Crippen LogP contribution in [-0.4, -0.2) is 36.7 Å². The zero-order valence-corrected chi connectivity index (χ0v) is 13.4. The van der Waals surface area contributed by atoms with Crippen LogP contribution >= 0.6 is 0 Å². The van der Waals surface area contributed by atoms with Crippen LogP contribution in [0.1, 0.15) is 12.0 Å². The van der Waals surface area contributed by atoms with Crippen LogP contribution < -0.4 is 5.73 Å². The minimum Gasteiger partial charge on any atom is -0.453 e. The number of carbonyl (C=O) groups excluding carboxylic acids is 1. The molecule has 2 aromatic carbocycles. The van der Waals surface area contributed by atoms with E-state index in [2.05, 4.69) is 42.1 Å². The number of hydrogen-bond donors (Lipinski definition) is 1. The van der Waals surface area contributed by atoms with Crippen LogP contribution in [0.5, 0.6) is 0 Å². The first-order valence-corrected chi connectivity index (χ1v) is 8.01. The number of ether oxygens (including phenoxy) is 1. The molecule has 0 aromatic heterocycles. The van der Waals surface area contributed by atoms with E-state index in [-0.39, 0.29) is 18.2 Å². The first-order chi connectivity index (χ1) is 11.2. The third-order valence-corrected chi connectivity index (χ3v) is 4.57. The first-order valence-electron chi connectivity index (χ1n) is 8.01. The largest absolute Gasteiger partial charge is 0.453 e. The van der Waals surface area contributed by atoms with Gasteiger partial charge in [0.05, 0.1) is 13.2 Å². The Kier molecular flexibility index (Phi) is 4.63. The van der Waals surface area contributed by atoms with E-state index in [9.17, 15) is 4.79 Å². The summed E-state index contributed by atoms with van der Waals surface area (Å²) in [5, 5.41) is 0. The van der Waals surface area contributed by atoms with E-state index in [1.165, 1.54) is 23.8 Å². The van der Waals surface area contributed by atoms with Crippen LogP contribution in [0, 0.1) is 0 Å². The molecule has 1 heterocycles. The molecule has 4 nitrogen and oxygen atoms in total. The van der Waals surface area contributed by atoms with Crippen LogP contribution in [0.2, 0.25) is 0 Å². The van der Waals surface area contributed by atoms with Crippen molar-refractivity contribution in [1.29, 1.82) is 0 Å². The normalized spacial score (nSPS) is 20.5. The molecular weight excluding hydrogens is 288 g/mol. The molecule has 4 heteroatoms. The monoisotopic (exact) mass is 311 g/mol. The van der Waals surface area contributed by atoms with Crippen molar-refractivity contribution in [1.82, 2.24) is 4.90 Å². The Labute approximate surface area is 136 Å². The van der Waals surface area contributed by atoms with Gasteiger partial charge in [0, 0.05) is 13.0 Å². The van der Waals surface area contributed by atoms with Crippen molar-refractivity contribution in [2.45, 2.75) is 24.9 Å². The number of likely N-dealkylation sites (tertiary alicyclic amines) is 1. The summed E-state index contributed by atoms with van der Waals surface area (Å²) >= 11 is 0. The molecule has 1 saturated heterocycles. The molecule has 2 atom stereocenters. The van der Waals surface area contributed by atoms with Gasteiger partial charge in [-0.25, -0.2) is 4.79 Å². The van der Waals surface area contributed by atoms with E-state index in [0.29, 0.717) is 0 Å². The highest BCUT2D eigenvalue weighted by molar-refractivity contribution is 5.68. The van der Waals surface area contributed by atoms with Gasteiger partial charge in [-0.2, -0.15) is 0 Å². The maximum Gasteiger partial charge on any atom is 0.409 e. The maximum absolute atomic E-state index is 11.9. The van der Waals surface area contributed by atoms with E-state index in [1.54, 1.807) is 0 Å². The lowest BCUT2D eigenvalue weighted by molar-refractivity contribution is -0.422. The second kappa shape index (κ2) is 6.84. The minimum absolute atomic E-state index is 0.105. The van der Waals surface area contributed by atoms with Gasteiger partial charge in [-0.05, 0) is 23.1 Å². The molecule has 3 N–H and O–H groups in total. The molecule has 23 heavy (non-hydrogen) atoms. The fourth-order valence-electron chi connectivity index (χ4n) is 3.29. The van der Waals surface area contributed by atoms with Crippen molar-refractivity contribution >= 4 is 6.09 Å². The number of quaternary nitrogens is 1. The molecule has 1 amide bonds. The lowest BCUT2D eigenvalue weighted by atomic mass is 9.97. The van der Waals surface area contributed by atoms with E-state index < -0.39 is 0 Å². The summed E-state index contributed by atoms with van der Waals surface area (Å²) in [5.41, 5.74) is 7.84. The molecule has 0 bridgehead atoms. The fourth-order valence-corrected chi connectivity index (χ4v) is 3.29. The second-order valence-corrected chi connectivity index (χ2v) is 6.05. The predicted molar refractivity (Wildman–Crippen MR) is 89.8 cm³/mol. The van der Waals surface area contributed by atoms with E-state index in [1.807, 2.05) is 23.1 Å². The molecule has 1 aliphatic rings. The summed E-state index contributed by atoms with van der Waals surface area (Å²) in [6.07, 6.45) is 1.49. The highest BCUT2D eigenvalue weighted by Gasteiger charge is 2.38. The number of nitrogens with zero attached hydrogens (tertiary/aromatic N) is 1. The number of methoxy groups -OCH3 is 1. The Bertz CT molecular complexity index is 672. The lowest BCUT2D eigenvalue weighted by Gasteiger charge is -2.24. The summed E-state index contributed by atoms with van der Waals surface area (Å²) in [7, 11) is 1.44. The van der Waals surface area contributed by atoms with Crippen molar-refractivity contribution in [3.8, 4) is 11.1 Å². The number of rotatable bonds is 3. The molecule has 1 aliphatic heterocycles. The third kappa shape index (κ3) is 3.37. The van der Waals surface area contributed by atoms with Crippen molar-refractivity contribution in [2.24, 2.45) is 0 Å². The molecule has 0 aliphatic carbocycles. The number of carbonyl (C=O) groups is 1. The average Bonchev–Trinajstić information content (AvgIpc) is 2.96. The Hall–Kier alpha value is -2.33. The van der Waals surface area contributed by atoms with Crippen LogP contribution in [-0.2, 0) is 11.2 Å². The van der Waals surface area contributed by atoms with Gasteiger partial charge in [0.15, 0.2) is 0 Å². The van der Waals surface area contributed by atoms with Gasteiger partial charge < -0.3 is 10.5 Å².